The van der Waals surface area contributed by atoms with Crippen molar-refractivity contribution in [3.8, 4) is 0 Å². The van der Waals surface area contributed by atoms with E-state index in [0.29, 0.717) is 18.6 Å². The fraction of sp³-hybridized carbons (Fsp3) is 0.588. The van der Waals surface area contributed by atoms with E-state index < -0.39 is 0 Å². The zero-order valence-electron chi connectivity index (χ0n) is 11.9. The van der Waals surface area contributed by atoms with Gasteiger partial charge >= 0.3 is 0 Å². The number of ketones is 1. The highest BCUT2D eigenvalue weighted by Gasteiger charge is 2.22. The van der Waals surface area contributed by atoms with E-state index in [1.807, 2.05) is 6.07 Å². The highest BCUT2D eigenvalue weighted by Crippen LogP contribution is 2.30. The third-order valence-electron chi connectivity index (χ3n) is 3.81. The third-order valence-corrected chi connectivity index (χ3v) is 3.81. The van der Waals surface area contributed by atoms with Crippen molar-refractivity contribution in [2.75, 3.05) is 6.61 Å². The molecule has 2 rings (SSSR count). The molecule has 2 heteroatoms. The van der Waals surface area contributed by atoms with Gasteiger partial charge in [-0.3, -0.25) is 4.79 Å². The van der Waals surface area contributed by atoms with Crippen LogP contribution in [0.25, 0.3) is 0 Å². The fourth-order valence-electron chi connectivity index (χ4n) is 2.70. The number of rotatable bonds is 7. The number of Topliss-reactive ketones (excluding diaryl/α,β-unsaturated/α-hetero) is 1. The van der Waals surface area contributed by atoms with E-state index >= 15 is 0 Å². The van der Waals surface area contributed by atoms with E-state index in [9.17, 15) is 4.79 Å². The van der Waals surface area contributed by atoms with Crippen molar-refractivity contribution in [1.29, 1.82) is 0 Å². The molecule has 1 atom stereocenters. The first-order chi connectivity index (χ1) is 9.31. The van der Waals surface area contributed by atoms with Crippen molar-refractivity contribution in [3.05, 3.63) is 35.4 Å². The molecule has 1 aromatic carbocycles. The average Bonchev–Trinajstić information content (AvgIpc) is 2.44. The first kappa shape index (κ1) is 14.3. The van der Waals surface area contributed by atoms with Gasteiger partial charge in [-0.25, -0.2) is 0 Å². The predicted molar refractivity (Wildman–Crippen MR) is 77.2 cm³/mol. The van der Waals surface area contributed by atoms with Crippen molar-refractivity contribution in [2.24, 2.45) is 0 Å². The molecule has 2 nitrogen and oxygen atoms in total. The Hall–Kier alpha value is -1.15. The van der Waals surface area contributed by atoms with Crippen LogP contribution >= 0.6 is 0 Å². The largest absolute Gasteiger partial charge is 0.373 e. The number of ether oxygens (including phenoxy) is 1. The van der Waals surface area contributed by atoms with Crippen molar-refractivity contribution in [1.82, 2.24) is 0 Å². The molecule has 1 unspecified atom stereocenters. The van der Waals surface area contributed by atoms with Gasteiger partial charge in [0.15, 0.2) is 0 Å². The Balaban J connectivity index is 1.85. The molecule has 0 bridgehead atoms. The van der Waals surface area contributed by atoms with Crippen LogP contribution in [0.1, 0.15) is 62.7 Å². The van der Waals surface area contributed by atoms with Crippen LogP contribution in [0.2, 0.25) is 0 Å². The molecule has 0 saturated carbocycles. The van der Waals surface area contributed by atoms with Crippen molar-refractivity contribution in [2.45, 2.75) is 58.0 Å². The Morgan fingerprint density at radius 1 is 1.26 bits per heavy atom. The zero-order valence-corrected chi connectivity index (χ0v) is 11.9. The summed E-state index contributed by atoms with van der Waals surface area (Å²) in [6, 6.07) is 8.35. The van der Waals surface area contributed by atoms with Crippen LogP contribution in [0.4, 0.5) is 0 Å². The lowest BCUT2D eigenvalue weighted by atomic mass is 9.93. The van der Waals surface area contributed by atoms with Crippen LogP contribution in [0.15, 0.2) is 24.3 Å². The van der Waals surface area contributed by atoms with E-state index in [4.69, 9.17) is 4.74 Å². The second kappa shape index (κ2) is 7.44. The molecule has 1 aliphatic heterocycles. The Morgan fingerprint density at radius 2 is 2.11 bits per heavy atom. The van der Waals surface area contributed by atoms with E-state index in [-0.39, 0.29) is 6.10 Å². The first-order valence-corrected chi connectivity index (χ1v) is 7.52. The minimum absolute atomic E-state index is 0.0105. The molecule has 19 heavy (non-hydrogen) atoms. The van der Waals surface area contributed by atoms with Gasteiger partial charge in [0, 0.05) is 12.8 Å². The highest BCUT2D eigenvalue weighted by atomic mass is 16.5. The van der Waals surface area contributed by atoms with E-state index in [1.54, 1.807) is 0 Å². The van der Waals surface area contributed by atoms with Gasteiger partial charge in [-0.1, -0.05) is 50.5 Å². The smallest absolute Gasteiger partial charge is 0.135 e. The molecular formula is C17H24O2. The van der Waals surface area contributed by atoms with E-state index in [1.165, 1.54) is 30.4 Å². The Bertz CT molecular complexity index is 411. The number of carbonyl (C=O) groups excluding carboxylic acids is 1. The summed E-state index contributed by atoms with van der Waals surface area (Å²) < 4.78 is 5.78. The predicted octanol–water partition coefficient (Wildman–Crippen LogP) is 4.23. The monoisotopic (exact) mass is 260 g/mol. The third kappa shape index (κ3) is 4.17. The van der Waals surface area contributed by atoms with Gasteiger partial charge in [-0.05, 0) is 24.0 Å². The molecule has 1 aromatic rings. The summed E-state index contributed by atoms with van der Waals surface area (Å²) in [7, 11) is 0. The summed E-state index contributed by atoms with van der Waals surface area (Å²) >= 11 is 0. The van der Waals surface area contributed by atoms with Crippen LogP contribution in [-0.4, -0.2) is 12.4 Å². The van der Waals surface area contributed by atoms with Gasteiger partial charge in [0.05, 0.1) is 12.7 Å². The Morgan fingerprint density at radius 3 is 2.95 bits per heavy atom. The summed E-state index contributed by atoms with van der Waals surface area (Å²) in [6.07, 6.45) is 6.86. The van der Waals surface area contributed by atoms with Crippen LogP contribution < -0.4 is 0 Å². The maximum absolute atomic E-state index is 12.0. The van der Waals surface area contributed by atoms with Crippen molar-refractivity contribution in [3.63, 3.8) is 0 Å². The molecular weight excluding hydrogens is 236 g/mol. The van der Waals surface area contributed by atoms with Gasteiger partial charge < -0.3 is 4.74 Å². The number of hydrogen-bond acceptors (Lipinski definition) is 2. The maximum atomic E-state index is 12.0. The molecule has 0 saturated heterocycles. The molecule has 104 valence electrons. The Kier molecular flexibility index (Phi) is 5.59. The average molecular weight is 260 g/mol. The van der Waals surface area contributed by atoms with E-state index in [2.05, 4.69) is 25.1 Å². The molecule has 0 aliphatic carbocycles. The maximum Gasteiger partial charge on any atom is 0.135 e. The molecule has 0 spiro atoms. The van der Waals surface area contributed by atoms with Crippen molar-refractivity contribution < 1.29 is 9.53 Å². The fourth-order valence-corrected chi connectivity index (χ4v) is 2.70. The lowest BCUT2D eigenvalue weighted by Crippen LogP contribution is -2.19. The normalized spacial score (nSPS) is 18.1. The SMILES string of the molecule is CCCCCCC(=O)CC1OCCc2ccccc21. The number of hydrogen-bond donors (Lipinski definition) is 0. The number of unbranched alkanes of at least 4 members (excludes halogenated alkanes) is 3. The molecule has 0 N–H and O–H groups in total. The first-order valence-electron chi connectivity index (χ1n) is 7.52. The number of fused-ring (bicyclic) bond motifs is 1. The lowest BCUT2D eigenvalue weighted by molar-refractivity contribution is -0.122. The molecule has 0 fully saturated rings. The second-order valence-electron chi connectivity index (χ2n) is 5.36. The van der Waals surface area contributed by atoms with Crippen LogP contribution in [0.5, 0.6) is 0 Å². The molecule has 0 amide bonds. The number of carbonyl (C=O) groups is 1. The summed E-state index contributed by atoms with van der Waals surface area (Å²) in [5.41, 5.74) is 2.56. The minimum atomic E-state index is -0.0105. The second-order valence-corrected chi connectivity index (χ2v) is 5.36. The summed E-state index contributed by atoms with van der Waals surface area (Å²) in [5, 5.41) is 0. The van der Waals surface area contributed by atoms with Crippen LogP contribution in [0, 0.1) is 0 Å². The van der Waals surface area contributed by atoms with Gasteiger partial charge in [-0.2, -0.15) is 0 Å². The topological polar surface area (TPSA) is 26.3 Å². The summed E-state index contributed by atoms with van der Waals surface area (Å²) in [6.45, 7) is 2.93. The molecule has 1 heterocycles. The molecule has 0 aromatic heterocycles. The molecule has 0 radical (unpaired) electrons. The number of benzene rings is 1. The standard InChI is InChI=1S/C17H24O2/c1-2-3-4-5-9-15(18)13-17-16-10-7-6-8-14(16)11-12-19-17/h6-8,10,17H,2-5,9,11-13H2,1H3. The summed E-state index contributed by atoms with van der Waals surface area (Å²) in [5.74, 6) is 0.345. The van der Waals surface area contributed by atoms with Gasteiger partial charge in [0.1, 0.15) is 5.78 Å². The highest BCUT2D eigenvalue weighted by molar-refractivity contribution is 5.79. The van der Waals surface area contributed by atoms with E-state index in [0.717, 1.165) is 19.4 Å². The van der Waals surface area contributed by atoms with Gasteiger partial charge in [0.25, 0.3) is 0 Å². The van der Waals surface area contributed by atoms with Crippen molar-refractivity contribution >= 4 is 5.78 Å². The summed E-state index contributed by atoms with van der Waals surface area (Å²) in [4.78, 5) is 12.0. The van der Waals surface area contributed by atoms with Crippen LogP contribution in [-0.2, 0) is 16.0 Å². The van der Waals surface area contributed by atoms with Gasteiger partial charge in [0.2, 0.25) is 0 Å². The minimum Gasteiger partial charge on any atom is -0.373 e. The lowest BCUT2D eigenvalue weighted by Gasteiger charge is -2.25. The van der Waals surface area contributed by atoms with Crippen LogP contribution in [0.3, 0.4) is 0 Å². The zero-order chi connectivity index (χ0) is 13.5. The van der Waals surface area contributed by atoms with Gasteiger partial charge in [-0.15, -0.1) is 0 Å². The molecule has 1 aliphatic rings. The Labute approximate surface area is 116 Å². The quantitative estimate of drug-likeness (QED) is 0.686.